The molecule has 6 N–H and O–H groups in total. The van der Waals surface area contributed by atoms with Crippen molar-refractivity contribution in [3.63, 3.8) is 0 Å². The molecule has 0 bridgehead atoms. The van der Waals surface area contributed by atoms with Crippen molar-refractivity contribution in [2.24, 2.45) is 0 Å². The number of nitrogens with one attached hydrogen (secondary N) is 1. The van der Waals surface area contributed by atoms with Crippen molar-refractivity contribution in [3.8, 4) is 0 Å². The van der Waals surface area contributed by atoms with Gasteiger partial charge in [0.25, 0.3) is 0 Å². The van der Waals surface area contributed by atoms with E-state index in [0.29, 0.717) is 0 Å². The molecule has 6 nitrogen and oxygen atoms in total. The Balaban J connectivity index is 4.35. The van der Waals surface area contributed by atoms with E-state index >= 15 is 0 Å². The lowest BCUT2D eigenvalue weighted by atomic mass is 9.98. The maximum absolute atomic E-state index is 9.36. The smallest absolute Gasteiger partial charge is 0.120 e. The average molecular weight is 219 g/mol. The largest absolute Gasteiger partial charge is 0.394 e. The van der Waals surface area contributed by atoms with Crippen LogP contribution in [0.5, 0.6) is 0 Å². The summed E-state index contributed by atoms with van der Waals surface area (Å²) in [6.45, 7) is 2.62. The Bertz CT molecular complexity index is 221. The van der Waals surface area contributed by atoms with Gasteiger partial charge < -0.3 is 30.9 Å². The lowest BCUT2D eigenvalue weighted by Crippen LogP contribution is -2.48. The highest BCUT2D eigenvalue weighted by Crippen LogP contribution is 2.07. The lowest BCUT2D eigenvalue weighted by Gasteiger charge is -2.25. The highest BCUT2D eigenvalue weighted by atomic mass is 16.4. The quantitative estimate of drug-likeness (QED) is 0.218. The van der Waals surface area contributed by atoms with E-state index in [9.17, 15) is 15.3 Å². The summed E-state index contributed by atoms with van der Waals surface area (Å²) in [5, 5.41) is 52.7. The van der Waals surface area contributed by atoms with Crippen molar-refractivity contribution < 1.29 is 25.5 Å². The molecule has 0 aliphatic heterocycles. The van der Waals surface area contributed by atoms with Crippen LogP contribution in [0.15, 0.2) is 12.7 Å². The van der Waals surface area contributed by atoms with E-state index in [0.717, 1.165) is 0 Å². The summed E-state index contributed by atoms with van der Waals surface area (Å²) in [6, 6.07) is 0. The van der Waals surface area contributed by atoms with Crippen molar-refractivity contribution in [2.45, 2.75) is 30.8 Å². The second kappa shape index (κ2) is 6.65. The predicted octanol–water partition coefficient (Wildman–Crippen LogP) is -1.98. The van der Waals surface area contributed by atoms with Gasteiger partial charge in [-0.1, -0.05) is 6.08 Å². The number of hydrogen-bond acceptors (Lipinski definition) is 6. The first-order chi connectivity index (χ1) is 6.95. The van der Waals surface area contributed by atoms with E-state index in [1.54, 1.807) is 0 Å². The van der Waals surface area contributed by atoms with Gasteiger partial charge in [-0.05, 0) is 0 Å². The zero-order chi connectivity index (χ0) is 12.0. The Labute approximate surface area is 87.6 Å². The molecular formula is C9H17NO5. The first-order valence-corrected chi connectivity index (χ1v) is 4.47. The Morgan fingerprint density at radius 3 is 2.13 bits per heavy atom. The van der Waals surface area contributed by atoms with E-state index in [4.69, 9.17) is 15.6 Å². The van der Waals surface area contributed by atoms with Crippen LogP contribution < -0.4 is 0 Å². The molecule has 0 radical (unpaired) electrons. The van der Waals surface area contributed by atoms with Crippen molar-refractivity contribution in [2.75, 3.05) is 6.61 Å². The molecule has 88 valence electrons. The number of allylic oxidation sites excluding steroid dienone is 1. The van der Waals surface area contributed by atoms with Gasteiger partial charge in [-0.3, -0.25) is 0 Å². The zero-order valence-electron chi connectivity index (χ0n) is 8.24. The van der Waals surface area contributed by atoms with Gasteiger partial charge >= 0.3 is 0 Å². The van der Waals surface area contributed by atoms with Crippen LogP contribution in [-0.2, 0) is 0 Å². The molecule has 0 saturated carbocycles. The van der Waals surface area contributed by atoms with Crippen LogP contribution in [0.4, 0.5) is 0 Å². The highest BCUT2D eigenvalue weighted by molar-refractivity contribution is 5.87. The lowest BCUT2D eigenvalue weighted by molar-refractivity contribution is -0.101. The van der Waals surface area contributed by atoms with Crippen molar-refractivity contribution in [3.05, 3.63) is 12.7 Å². The van der Waals surface area contributed by atoms with E-state index in [1.165, 1.54) is 6.08 Å². The number of hydrogen-bond donors (Lipinski definition) is 6. The number of aliphatic hydroxyl groups excluding tert-OH is 5. The second-order valence-corrected chi connectivity index (χ2v) is 3.19. The summed E-state index contributed by atoms with van der Waals surface area (Å²) < 4.78 is 0. The summed E-state index contributed by atoms with van der Waals surface area (Å²) in [7, 11) is 0. The number of rotatable bonds is 7. The van der Waals surface area contributed by atoms with Crippen LogP contribution in [0.1, 0.15) is 6.42 Å². The predicted molar refractivity (Wildman–Crippen MR) is 53.7 cm³/mol. The molecule has 15 heavy (non-hydrogen) atoms. The van der Waals surface area contributed by atoms with E-state index < -0.39 is 31.0 Å². The van der Waals surface area contributed by atoms with Crippen molar-refractivity contribution in [1.82, 2.24) is 0 Å². The van der Waals surface area contributed by atoms with Crippen molar-refractivity contribution in [1.29, 1.82) is 5.41 Å². The van der Waals surface area contributed by atoms with Crippen LogP contribution in [-0.4, -0.2) is 62.3 Å². The Morgan fingerprint density at radius 2 is 1.73 bits per heavy atom. The van der Waals surface area contributed by atoms with Gasteiger partial charge in [-0.15, -0.1) is 6.58 Å². The molecule has 0 aliphatic rings. The van der Waals surface area contributed by atoms with Crippen LogP contribution in [0.3, 0.4) is 0 Å². The standard InChI is InChI=1S/C9H17NO5/c1-2-3-5(10)7(13)9(15)8(14)6(12)4-11/h2,6-15H,1,3-4H2. The van der Waals surface area contributed by atoms with Crippen LogP contribution in [0.25, 0.3) is 0 Å². The molecule has 0 fully saturated rings. The molecule has 0 aromatic heterocycles. The molecule has 6 heteroatoms. The molecule has 0 amide bonds. The van der Waals surface area contributed by atoms with Crippen LogP contribution in [0.2, 0.25) is 0 Å². The minimum absolute atomic E-state index is 0.0696. The molecule has 0 spiro atoms. The molecule has 4 atom stereocenters. The summed E-state index contributed by atoms with van der Waals surface area (Å²) in [5.41, 5.74) is -0.221. The minimum atomic E-state index is -1.71. The Morgan fingerprint density at radius 1 is 1.20 bits per heavy atom. The maximum Gasteiger partial charge on any atom is 0.120 e. The SMILES string of the molecule is C=CCC(=N)C(O)C(O)C(O)C(O)CO. The molecule has 0 saturated heterocycles. The fourth-order valence-electron chi connectivity index (χ4n) is 1.00. The molecule has 0 aliphatic carbocycles. The number of aliphatic hydroxyl groups is 5. The fraction of sp³-hybridized carbons (Fsp3) is 0.667. The Kier molecular flexibility index (Phi) is 6.30. The molecule has 0 aromatic rings. The van der Waals surface area contributed by atoms with E-state index in [2.05, 4.69) is 6.58 Å². The van der Waals surface area contributed by atoms with Gasteiger partial charge in [0.15, 0.2) is 0 Å². The topological polar surface area (TPSA) is 125 Å². The third kappa shape index (κ3) is 4.06. The second-order valence-electron chi connectivity index (χ2n) is 3.19. The van der Waals surface area contributed by atoms with E-state index in [-0.39, 0.29) is 12.1 Å². The summed E-state index contributed by atoms with van der Waals surface area (Å²) in [4.78, 5) is 0. The average Bonchev–Trinajstić information content (AvgIpc) is 2.25. The van der Waals surface area contributed by atoms with Gasteiger partial charge in [0.05, 0.1) is 6.61 Å². The highest BCUT2D eigenvalue weighted by Gasteiger charge is 2.31. The molecule has 0 aromatic carbocycles. The molecule has 0 heterocycles. The fourth-order valence-corrected chi connectivity index (χ4v) is 1.00. The van der Waals surface area contributed by atoms with Gasteiger partial charge in [-0.25, -0.2) is 0 Å². The van der Waals surface area contributed by atoms with Gasteiger partial charge in [0.1, 0.15) is 24.4 Å². The molecule has 0 rings (SSSR count). The Hall–Kier alpha value is -0.790. The minimum Gasteiger partial charge on any atom is -0.394 e. The van der Waals surface area contributed by atoms with Gasteiger partial charge in [0.2, 0.25) is 0 Å². The zero-order valence-corrected chi connectivity index (χ0v) is 8.24. The van der Waals surface area contributed by atoms with Crippen LogP contribution >= 0.6 is 0 Å². The van der Waals surface area contributed by atoms with Crippen molar-refractivity contribution >= 4 is 5.71 Å². The third-order valence-electron chi connectivity index (χ3n) is 1.98. The monoisotopic (exact) mass is 219 g/mol. The third-order valence-corrected chi connectivity index (χ3v) is 1.98. The summed E-state index contributed by atoms with van der Waals surface area (Å²) in [5.74, 6) is 0. The van der Waals surface area contributed by atoms with Gasteiger partial charge in [-0.2, -0.15) is 0 Å². The molecule has 4 unspecified atom stereocenters. The summed E-state index contributed by atoms with van der Waals surface area (Å²) in [6.07, 6.45) is -5.10. The maximum atomic E-state index is 9.36. The first-order valence-electron chi connectivity index (χ1n) is 4.47. The summed E-state index contributed by atoms with van der Waals surface area (Å²) >= 11 is 0. The van der Waals surface area contributed by atoms with Gasteiger partial charge in [0, 0.05) is 12.1 Å². The first kappa shape index (κ1) is 14.2. The molecular weight excluding hydrogens is 202 g/mol. The van der Waals surface area contributed by atoms with Crippen LogP contribution in [0, 0.1) is 5.41 Å². The normalized spacial score (nSPS) is 19.0. The van der Waals surface area contributed by atoms with E-state index in [1.807, 2.05) is 0 Å².